The maximum absolute atomic E-state index is 13.5. The zero-order chi connectivity index (χ0) is 18.8. The van der Waals surface area contributed by atoms with Crippen LogP contribution in [0.25, 0.3) is 0 Å². The minimum Gasteiger partial charge on any atom is -0.324 e. The summed E-state index contributed by atoms with van der Waals surface area (Å²) in [5, 5.41) is 2.65. The summed E-state index contributed by atoms with van der Waals surface area (Å²) in [6, 6.07) is 2.84. The molecule has 0 spiro atoms. The van der Waals surface area contributed by atoms with Crippen LogP contribution in [0.3, 0.4) is 0 Å². The first-order chi connectivity index (χ1) is 11.6. The molecule has 1 heterocycles. The van der Waals surface area contributed by atoms with Gasteiger partial charge in [0.05, 0.1) is 5.56 Å². The number of hydrogen-bond acceptors (Lipinski definition) is 4. The fourth-order valence-corrected chi connectivity index (χ4v) is 2.33. The van der Waals surface area contributed by atoms with Crippen molar-refractivity contribution in [1.29, 1.82) is 0 Å². The van der Waals surface area contributed by atoms with Crippen molar-refractivity contribution in [2.24, 2.45) is 0 Å². The third-order valence-electron chi connectivity index (χ3n) is 3.50. The summed E-state index contributed by atoms with van der Waals surface area (Å²) in [7, 11) is 0. The molecular weight excluding hydrogens is 355 g/mol. The van der Waals surface area contributed by atoms with Crippen LogP contribution in [0.15, 0.2) is 18.2 Å². The molecule has 0 aliphatic carbocycles. The van der Waals surface area contributed by atoms with Crippen molar-refractivity contribution in [3.63, 3.8) is 0 Å². The number of carbonyl (C=O) groups is 4. The number of hydrazine groups is 1. The zero-order valence-corrected chi connectivity index (χ0v) is 14.2. The maximum Gasteiger partial charge on any atom is 0.325 e. The van der Waals surface area contributed by atoms with Crippen molar-refractivity contribution < 1.29 is 23.6 Å². The third kappa shape index (κ3) is 4.24. The van der Waals surface area contributed by atoms with E-state index in [-0.39, 0.29) is 23.6 Å². The van der Waals surface area contributed by atoms with Gasteiger partial charge in [0.25, 0.3) is 11.8 Å². The van der Waals surface area contributed by atoms with Crippen molar-refractivity contribution in [2.75, 3.05) is 6.54 Å². The standard InChI is InChI=1S/C15H16ClFN4O4/c1-15(2)13(24)21(14(25)18-15)6-5-11(22)19-20-12(23)9-7-8(16)3-4-10(9)17/h3-4,7H,5-6H2,1-2H3,(H,18,25)(H,19,22)(H,20,23). The van der Waals surface area contributed by atoms with Crippen LogP contribution in [0.2, 0.25) is 5.02 Å². The lowest BCUT2D eigenvalue weighted by atomic mass is 10.1. The highest BCUT2D eigenvalue weighted by Crippen LogP contribution is 2.16. The van der Waals surface area contributed by atoms with E-state index in [1.807, 2.05) is 5.43 Å². The molecule has 10 heteroatoms. The van der Waals surface area contributed by atoms with E-state index in [1.165, 1.54) is 6.07 Å². The van der Waals surface area contributed by atoms with E-state index >= 15 is 0 Å². The van der Waals surface area contributed by atoms with Crippen LogP contribution in [-0.2, 0) is 9.59 Å². The Balaban J connectivity index is 1.85. The first-order valence-corrected chi connectivity index (χ1v) is 7.68. The van der Waals surface area contributed by atoms with Crippen molar-refractivity contribution in [3.8, 4) is 0 Å². The zero-order valence-electron chi connectivity index (χ0n) is 13.5. The van der Waals surface area contributed by atoms with Crippen LogP contribution in [0.5, 0.6) is 0 Å². The minimum absolute atomic E-state index is 0.151. The Morgan fingerprint density at radius 3 is 2.56 bits per heavy atom. The maximum atomic E-state index is 13.5. The average molecular weight is 371 g/mol. The molecule has 1 aromatic rings. The number of nitrogens with zero attached hydrogens (tertiary/aromatic N) is 1. The largest absolute Gasteiger partial charge is 0.325 e. The lowest BCUT2D eigenvalue weighted by Gasteiger charge is -2.15. The van der Waals surface area contributed by atoms with Gasteiger partial charge in [-0.15, -0.1) is 0 Å². The number of urea groups is 1. The monoisotopic (exact) mass is 370 g/mol. The van der Waals surface area contributed by atoms with Crippen molar-refractivity contribution in [3.05, 3.63) is 34.6 Å². The summed E-state index contributed by atoms with van der Waals surface area (Å²) in [5.41, 5.74) is 2.77. The highest BCUT2D eigenvalue weighted by Gasteiger charge is 2.43. The smallest absolute Gasteiger partial charge is 0.324 e. The molecule has 5 amide bonds. The van der Waals surface area contributed by atoms with E-state index in [1.54, 1.807) is 13.8 Å². The van der Waals surface area contributed by atoms with E-state index in [0.717, 1.165) is 17.0 Å². The van der Waals surface area contributed by atoms with Crippen LogP contribution in [0, 0.1) is 5.82 Å². The van der Waals surface area contributed by atoms with Gasteiger partial charge in [0.2, 0.25) is 5.91 Å². The molecular formula is C15H16ClFN4O4. The molecule has 3 N–H and O–H groups in total. The summed E-state index contributed by atoms with van der Waals surface area (Å²) in [5.74, 6) is -2.78. The van der Waals surface area contributed by atoms with Crippen LogP contribution in [0.4, 0.5) is 9.18 Å². The van der Waals surface area contributed by atoms with E-state index in [9.17, 15) is 23.6 Å². The average Bonchev–Trinajstić information content (AvgIpc) is 2.73. The van der Waals surface area contributed by atoms with Gasteiger partial charge in [0.1, 0.15) is 11.4 Å². The Kier molecular flexibility index (Phi) is 5.27. The van der Waals surface area contributed by atoms with Gasteiger partial charge < -0.3 is 5.32 Å². The molecule has 0 bridgehead atoms. The molecule has 0 atom stereocenters. The molecule has 0 aromatic heterocycles. The number of hydrogen-bond donors (Lipinski definition) is 3. The SMILES string of the molecule is CC1(C)NC(=O)N(CCC(=O)NNC(=O)c2cc(Cl)ccc2F)C1=O. The van der Waals surface area contributed by atoms with E-state index in [2.05, 4.69) is 10.7 Å². The number of amides is 5. The lowest BCUT2D eigenvalue weighted by molar-refractivity contribution is -0.130. The molecule has 0 saturated carbocycles. The first-order valence-electron chi connectivity index (χ1n) is 7.30. The Hall–Kier alpha value is -2.68. The summed E-state index contributed by atoms with van der Waals surface area (Å²) in [6.45, 7) is 2.95. The Bertz CT molecular complexity index is 753. The van der Waals surface area contributed by atoms with Crippen LogP contribution in [0.1, 0.15) is 30.6 Å². The number of imide groups is 1. The fraction of sp³-hybridized carbons (Fsp3) is 0.333. The highest BCUT2D eigenvalue weighted by molar-refractivity contribution is 6.31. The molecule has 8 nitrogen and oxygen atoms in total. The summed E-state index contributed by atoms with van der Waals surface area (Å²) in [4.78, 5) is 48.1. The predicted molar refractivity (Wildman–Crippen MR) is 86.0 cm³/mol. The molecule has 0 radical (unpaired) electrons. The summed E-state index contributed by atoms with van der Waals surface area (Å²) < 4.78 is 13.5. The van der Waals surface area contributed by atoms with Crippen molar-refractivity contribution in [1.82, 2.24) is 21.1 Å². The van der Waals surface area contributed by atoms with Gasteiger partial charge in [0.15, 0.2) is 0 Å². The van der Waals surface area contributed by atoms with Gasteiger partial charge in [-0.1, -0.05) is 11.6 Å². The van der Waals surface area contributed by atoms with Crippen LogP contribution in [-0.4, -0.2) is 40.7 Å². The molecule has 25 heavy (non-hydrogen) atoms. The molecule has 1 aliphatic rings. The summed E-state index contributed by atoms with van der Waals surface area (Å²) in [6.07, 6.45) is -0.229. The molecule has 1 aliphatic heterocycles. The number of benzene rings is 1. The molecule has 2 rings (SSSR count). The van der Waals surface area contributed by atoms with Gasteiger partial charge in [-0.2, -0.15) is 0 Å². The van der Waals surface area contributed by atoms with Crippen LogP contribution >= 0.6 is 11.6 Å². The van der Waals surface area contributed by atoms with Gasteiger partial charge in [-0.25, -0.2) is 9.18 Å². The Morgan fingerprint density at radius 1 is 1.28 bits per heavy atom. The number of nitrogens with one attached hydrogen (secondary N) is 3. The quantitative estimate of drug-likeness (QED) is 0.542. The van der Waals surface area contributed by atoms with Crippen molar-refractivity contribution in [2.45, 2.75) is 25.8 Å². The fourth-order valence-electron chi connectivity index (χ4n) is 2.16. The number of carbonyl (C=O) groups excluding carboxylic acids is 4. The molecule has 0 unspecified atom stereocenters. The number of rotatable bonds is 4. The molecule has 1 fully saturated rings. The number of halogens is 2. The Labute approximate surface area is 147 Å². The van der Waals surface area contributed by atoms with Gasteiger partial charge in [-0.05, 0) is 32.0 Å². The van der Waals surface area contributed by atoms with Gasteiger partial charge in [0, 0.05) is 18.0 Å². The predicted octanol–water partition coefficient (Wildman–Crippen LogP) is 0.961. The minimum atomic E-state index is -1.02. The lowest BCUT2D eigenvalue weighted by Crippen LogP contribution is -2.44. The van der Waals surface area contributed by atoms with Crippen molar-refractivity contribution >= 4 is 35.4 Å². The van der Waals surface area contributed by atoms with Gasteiger partial charge in [-0.3, -0.25) is 30.1 Å². The first kappa shape index (κ1) is 18.7. The van der Waals surface area contributed by atoms with E-state index < -0.39 is 35.1 Å². The Morgan fingerprint density at radius 2 is 1.96 bits per heavy atom. The normalized spacial score (nSPS) is 15.8. The van der Waals surface area contributed by atoms with Gasteiger partial charge >= 0.3 is 6.03 Å². The second-order valence-electron chi connectivity index (χ2n) is 5.89. The second kappa shape index (κ2) is 7.06. The second-order valence-corrected chi connectivity index (χ2v) is 6.32. The van der Waals surface area contributed by atoms with E-state index in [4.69, 9.17) is 11.6 Å². The van der Waals surface area contributed by atoms with E-state index in [0.29, 0.717) is 0 Å². The topological polar surface area (TPSA) is 108 Å². The molecule has 1 saturated heterocycles. The highest BCUT2D eigenvalue weighted by atomic mass is 35.5. The van der Waals surface area contributed by atoms with Crippen LogP contribution < -0.4 is 16.2 Å². The molecule has 134 valence electrons. The third-order valence-corrected chi connectivity index (χ3v) is 3.73. The molecule has 1 aromatic carbocycles. The summed E-state index contributed by atoms with van der Waals surface area (Å²) >= 11 is 5.69.